The third-order valence-electron chi connectivity index (χ3n) is 5.59. The Labute approximate surface area is 157 Å². The molecule has 2 aromatic rings. The summed E-state index contributed by atoms with van der Waals surface area (Å²) in [6, 6.07) is 7.62. The summed E-state index contributed by atoms with van der Waals surface area (Å²) in [5.41, 5.74) is 3.12. The monoisotopic (exact) mass is 368 g/mol. The maximum atomic E-state index is 12.8. The summed E-state index contributed by atoms with van der Waals surface area (Å²) in [6.07, 6.45) is 1.35. The summed E-state index contributed by atoms with van der Waals surface area (Å²) in [7, 11) is 0. The van der Waals surface area contributed by atoms with Crippen molar-refractivity contribution in [3.8, 4) is 0 Å². The van der Waals surface area contributed by atoms with Gasteiger partial charge in [-0.1, -0.05) is 18.2 Å². The standard InChI is InChI=1S/C20H24N4O3/c1-13-15(14-4-2-3-5-16(14)21-13)12-19(26)23-8-10-24(11-9-23)20(27)17-6-7-18(25)22-17/h2-5,17,21H,6-12H2,1H3,(H,22,25). The lowest BCUT2D eigenvalue weighted by Gasteiger charge is -2.36. The Morgan fingerprint density at radius 1 is 1.11 bits per heavy atom. The van der Waals surface area contributed by atoms with E-state index in [1.165, 1.54) is 0 Å². The van der Waals surface area contributed by atoms with Gasteiger partial charge in [0.15, 0.2) is 0 Å². The van der Waals surface area contributed by atoms with Gasteiger partial charge >= 0.3 is 0 Å². The Kier molecular flexibility index (Phi) is 4.59. The predicted molar refractivity (Wildman–Crippen MR) is 101 cm³/mol. The molecule has 0 spiro atoms. The Balaban J connectivity index is 1.36. The number of nitrogens with one attached hydrogen (secondary N) is 2. The first-order chi connectivity index (χ1) is 13.0. The second kappa shape index (κ2) is 7.06. The van der Waals surface area contributed by atoms with E-state index in [-0.39, 0.29) is 17.7 Å². The van der Waals surface area contributed by atoms with Crippen LogP contribution in [0.1, 0.15) is 24.1 Å². The number of hydrogen-bond donors (Lipinski definition) is 2. The van der Waals surface area contributed by atoms with Crippen LogP contribution < -0.4 is 5.32 Å². The van der Waals surface area contributed by atoms with Crippen LogP contribution in [0.3, 0.4) is 0 Å². The van der Waals surface area contributed by atoms with Crippen molar-refractivity contribution < 1.29 is 14.4 Å². The minimum absolute atomic E-state index is 0.0274. The second-order valence-electron chi connectivity index (χ2n) is 7.32. The lowest BCUT2D eigenvalue weighted by molar-refractivity contribution is -0.140. The molecule has 142 valence electrons. The van der Waals surface area contributed by atoms with Crippen molar-refractivity contribution in [3.63, 3.8) is 0 Å². The van der Waals surface area contributed by atoms with Crippen LogP contribution in [0.15, 0.2) is 24.3 Å². The van der Waals surface area contributed by atoms with Crippen molar-refractivity contribution in [2.24, 2.45) is 0 Å². The molecule has 3 amide bonds. The molecule has 1 aromatic carbocycles. The van der Waals surface area contributed by atoms with Gasteiger partial charge in [-0.15, -0.1) is 0 Å². The highest BCUT2D eigenvalue weighted by Gasteiger charge is 2.33. The van der Waals surface area contributed by atoms with Crippen LogP contribution in [0, 0.1) is 6.92 Å². The van der Waals surface area contributed by atoms with Gasteiger partial charge in [-0.2, -0.15) is 0 Å². The molecule has 27 heavy (non-hydrogen) atoms. The van der Waals surface area contributed by atoms with Crippen LogP contribution >= 0.6 is 0 Å². The largest absolute Gasteiger partial charge is 0.358 e. The summed E-state index contributed by atoms with van der Waals surface area (Å²) in [6.45, 7) is 4.10. The molecule has 7 heteroatoms. The van der Waals surface area contributed by atoms with Gasteiger partial charge in [-0.05, 0) is 25.0 Å². The number of aromatic nitrogens is 1. The summed E-state index contributed by atoms with van der Waals surface area (Å²) in [5, 5.41) is 3.82. The molecular formula is C20H24N4O3. The number of aromatic amines is 1. The van der Waals surface area contributed by atoms with Gasteiger partial charge in [-0.3, -0.25) is 14.4 Å². The normalized spacial score (nSPS) is 20.2. The molecule has 0 radical (unpaired) electrons. The van der Waals surface area contributed by atoms with Crippen molar-refractivity contribution in [3.05, 3.63) is 35.5 Å². The second-order valence-corrected chi connectivity index (χ2v) is 7.32. The molecule has 1 atom stereocenters. The third kappa shape index (κ3) is 3.41. The highest BCUT2D eigenvalue weighted by molar-refractivity contribution is 5.92. The minimum Gasteiger partial charge on any atom is -0.358 e. The number of amides is 3. The number of nitrogens with zero attached hydrogens (tertiary/aromatic N) is 2. The van der Waals surface area contributed by atoms with E-state index in [1.807, 2.05) is 36.1 Å². The number of benzene rings is 1. The van der Waals surface area contributed by atoms with Gasteiger partial charge in [0.25, 0.3) is 0 Å². The number of piperazine rings is 1. The molecule has 2 aliphatic heterocycles. The van der Waals surface area contributed by atoms with Crippen molar-refractivity contribution >= 4 is 28.6 Å². The number of aryl methyl sites for hydroxylation is 1. The zero-order chi connectivity index (χ0) is 19.0. The highest BCUT2D eigenvalue weighted by Crippen LogP contribution is 2.23. The first-order valence-corrected chi connectivity index (χ1v) is 9.45. The molecule has 3 heterocycles. The fourth-order valence-corrected chi connectivity index (χ4v) is 4.02. The molecule has 2 N–H and O–H groups in total. The Morgan fingerprint density at radius 2 is 1.81 bits per heavy atom. The van der Waals surface area contributed by atoms with E-state index in [1.54, 1.807) is 4.90 Å². The van der Waals surface area contributed by atoms with Gasteiger partial charge in [0.05, 0.1) is 6.42 Å². The zero-order valence-electron chi connectivity index (χ0n) is 15.5. The summed E-state index contributed by atoms with van der Waals surface area (Å²) < 4.78 is 0. The molecule has 0 saturated carbocycles. The topological polar surface area (TPSA) is 85.5 Å². The van der Waals surface area contributed by atoms with E-state index >= 15 is 0 Å². The average Bonchev–Trinajstić information content (AvgIpc) is 3.25. The van der Waals surface area contributed by atoms with Gasteiger partial charge < -0.3 is 20.1 Å². The third-order valence-corrected chi connectivity index (χ3v) is 5.59. The number of carbonyl (C=O) groups excluding carboxylic acids is 3. The average molecular weight is 368 g/mol. The van der Waals surface area contributed by atoms with E-state index in [9.17, 15) is 14.4 Å². The van der Waals surface area contributed by atoms with Crippen molar-refractivity contribution in [1.82, 2.24) is 20.1 Å². The number of H-pyrrole nitrogens is 1. The van der Waals surface area contributed by atoms with E-state index in [0.29, 0.717) is 45.4 Å². The SMILES string of the molecule is Cc1[nH]c2ccccc2c1CC(=O)N1CCN(C(=O)C2CCC(=O)N2)CC1. The Hall–Kier alpha value is -2.83. The summed E-state index contributed by atoms with van der Waals surface area (Å²) >= 11 is 0. The summed E-state index contributed by atoms with van der Waals surface area (Å²) in [5.74, 6) is 0.000746. The van der Waals surface area contributed by atoms with Crippen molar-refractivity contribution in [2.75, 3.05) is 26.2 Å². The van der Waals surface area contributed by atoms with Gasteiger partial charge in [0.2, 0.25) is 17.7 Å². The molecule has 0 aliphatic carbocycles. The van der Waals surface area contributed by atoms with Crippen LogP contribution in [0.4, 0.5) is 0 Å². The lowest BCUT2D eigenvalue weighted by atomic mass is 10.1. The Bertz CT molecular complexity index is 896. The van der Waals surface area contributed by atoms with Crippen LogP contribution in [0.5, 0.6) is 0 Å². The minimum atomic E-state index is -0.395. The molecule has 7 nitrogen and oxygen atoms in total. The maximum Gasteiger partial charge on any atom is 0.245 e. The number of carbonyl (C=O) groups is 3. The fourth-order valence-electron chi connectivity index (χ4n) is 4.02. The predicted octanol–water partition coefficient (Wildman–Crippen LogP) is 0.968. The molecule has 2 fully saturated rings. The zero-order valence-corrected chi connectivity index (χ0v) is 15.5. The molecular weight excluding hydrogens is 344 g/mol. The van der Waals surface area contributed by atoms with E-state index in [4.69, 9.17) is 0 Å². The van der Waals surface area contributed by atoms with Crippen molar-refractivity contribution in [1.29, 1.82) is 0 Å². The van der Waals surface area contributed by atoms with E-state index < -0.39 is 6.04 Å². The molecule has 2 aliphatic rings. The molecule has 4 rings (SSSR count). The first-order valence-electron chi connectivity index (χ1n) is 9.45. The smallest absolute Gasteiger partial charge is 0.245 e. The van der Waals surface area contributed by atoms with Crippen LogP contribution in [0.25, 0.3) is 10.9 Å². The molecule has 2 saturated heterocycles. The number of rotatable bonds is 3. The van der Waals surface area contributed by atoms with Crippen LogP contribution in [-0.2, 0) is 20.8 Å². The molecule has 1 aromatic heterocycles. The van der Waals surface area contributed by atoms with E-state index in [2.05, 4.69) is 10.3 Å². The summed E-state index contributed by atoms with van der Waals surface area (Å²) in [4.78, 5) is 43.5. The fraction of sp³-hybridized carbons (Fsp3) is 0.450. The van der Waals surface area contributed by atoms with Crippen LogP contribution in [-0.4, -0.2) is 64.7 Å². The first kappa shape index (κ1) is 17.6. The van der Waals surface area contributed by atoms with Crippen molar-refractivity contribution in [2.45, 2.75) is 32.2 Å². The highest BCUT2D eigenvalue weighted by atomic mass is 16.2. The Morgan fingerprint density at radius 3 is 2.52 bits per heavy atom. The van der Waals surface area contributed by atoms with Gasteiger partial charge in [0.1, 0.15) is 6.04 Å². The number of hydrogen-bond acceptors (Lipinski definition) is 3. The van der Waals surface area contributed by atoms with Crippen LogP contribution in [0.2, 0.25) is 0 Å². The quantitative estimate of drug-likeness (QED) is 0.846. The molecule has 1 unspecified atom stereocenters. The molecule has 0 bridgehead atoms. The maximum absolute atomic E-state index is 12.8. The number of fused-ring (bicyclic) bond motifs is 1. The lowest BCUT2D eigenvalue weighted by Crippen LogP contribution is -2.54. The number of para-hydroxylation sites is 1. The van der Waals surface area contributed by atoms with Gasteiger partial charge in [0, 0.05) is 49.2 Å². The van der Waals surface area contributed by atoms with Gasteiger partial charge in [-0.25, -0.2) is 0 Å². The van der Waals surface area contributed by atoms with E-state index in [0.717, 1.165) is 22.2 Å².